The molecule has 0 spiro atoms. The lowest BCUT2D eigenvalue weighted by molar-refractivity contribution is -0.145. The first-order valence-corrected chi connectivity index (χ1v) is 12.3. The van der Waals surface area contributed by atoms with Gasteiger partial charge in [-0.1, -0.05) is 55.8 Å². The predicted octanol–water partition coefficient (Wildman–Crippen LogP) is 4.23. The molecule has 1 N–H and O–H groups in total. The minimum absolute atomic E-state index is 0.0720. The van der Waals surface area contributed by atoms with Crippen LogP contribution in [0.1, 0.15) is 51.5 Å². The number of carbonyl (C=O) groups excluding carboxylic acids is 1. The van der Waals surface area contributed by atoms with Crippen molar-refractivity contribution in [1.29, 1.82) is 0 Å². The Hall–Kier alpha value is -1.65. The SMILES string of the molecule is C[C@@H]1CCC=C2C[C@H]3OC(=O)[C@@H](CN4CCC(Cc5ccccc5)CC4)[C@H]3[C@@H](O)[C@@]21C. The predicted molar refractivity (Wildman–Crippen MR) is 121 cm³/mol. The molecule has 0 amide bonds. The van der Waals surface area contributed by atoms with E-state index in [1.807, 2.05) is 0 Å². The average Bonchev–Trinajstić information content (AvgIpc) is 3.07. The average molecular weight is 424 g/mol. The van der Waals surface area contributed by atoms with E-state index < -0.39 is 6.10 Å². The molecule has 0 radical (unpaired) electrons. The maximum absolute atomic E-state index is 12.9. The fraction of sp³-hybridized carbons (Fsp3) is 0.667. The molecule has 1 saturated carbocycles. The molecular weight excluding hydrogens is 386 g/mol. The van der Waals surface area contributed by atoms with Gasteiger partial charge >= 0.3 is 5.97 Å². The summed E-state index contributed by atoms with van der Waals surface area (Å²) >= 11 is 0. The van der Waals surface area contributed by atoms with Crippen LogP contribution >= 0.6 is 0 Å². The molecule has 168 valence electrons. The molecule has 3 fully saturated rings. The molecule has 1 aromatic carbocycles. The summed E-state index contributed by atoms with van der Waals surface area (Å²) in [6, 6.07) is 10.8. The molecule has 0 bridgehead atoms. The van der Waals surface area contributed by atoms with E-state index in [1.165, 1.54) is 24.0 Å². The third-order valence-electron chi connectivity index (χ3n) is 9.10. The van der Waals surface area contributed by atoms with E-state index in [2.05, 4.69) is 55.2 Å². The van der Waals surface area contributed by atoms with E-state index in [0.29, 0.717) is 5.92 Å². The minimum Gasteiger partial charge on any atom is -0.461 e. The Bertz CT molecular complexity index is 828. The zero-order chi connectivity index (χ0) is 21.6. The fourth-order valence-electron chi connectivity index (χ4n) is 6.87. The second-order valence-corrected chi connectivity index (χ2v) is 10.7. The van der Waals surface area contributed by atoms with Crippen LogP contribution in [0.3, 0.4) is 0 Å². The summed E-state index contributed by atoms with van der Waals surface area (Å²) in [7, 11) is 0. The summed E-state index contributed by atoms with van der Waals surface area (Å²) < 4.78 is 5.85. The van der Waals surface area contributed by atoms with Gasteiger partial charge in [-0.05, 0) is 62.6 Å². The van der Waals surface area contributed by atoms with Crippen LogP contribution in [0.5, 0.6) is 0 Å². The number of hydrogen-bond acceptors (Lipinski definition) is 4. The number of allylic oxidation sites excluding steroid dienone is 1. The topological polar surface area (TPSA) is 49.8 Å². The summed E-state index contributed by atoms with van der Waals surface area (Å²) in [6.45, 7) is 7.29. The van der Waals surface area contributed by atoms with Crippen molar-refractivity contribution >= 4 is 5.97 Å². The molecular formula is C27H37NO3. The van der Waals surface area contributed by atoms with E-state index >= 15 is 0 Å². The molecule has 6 atom stereocenters. The summed E-state index contributed by atoms with van der Waals surface area (Å²) in [5.41, 5.74) is 2.52. The molecule has 2 aliphatic carbocycles. The van der Waals surface area contributed by atoms with Gasteiger partial charge in [-0.15, -0.1) is 0 Å². The van der Waals surface area contributed by atoms with Crippen LogP contribution in [0.4, 0.5) is 0 Å². The van der Waals surface area contributed by atoms with Crippen LogP contribution in [0.25, 0.3) is 0 Å². The molecule has 2 aliphatic heterocycles. The fourth-order valence-corrected chi connectivity index (χ4v) is 6.87. The molecule has 5 rings (SSSR count). The first kappa shape index (κ1) is 21.2. The number of likely N-dealkylation sites (tertiary alicyclic amines) is 1. The molecule has 2 saturated heterocycles. The Kier molecular flexibility index (Phi) is 5.72. The van der Waals surface area contributed by atoms with Crippen molar-refractivity contribution in [3.63, 3.8) is 0 Å². The Labute approximate surface area is 186 Å². The number of fused-ring (bicyclic) bond motifs is 2. The first-order chi connectivity index (χ1) is 15.0. The molecule has 4 heteroatoms. The van der Waals surface area contributed by atoms with Crippen LogP contribution in [-0.2, 0) is 16.0 Å². The lowest BCUT2D eigenvalue weighted by Gasteiger charge is -2.52. The van der Waals surface area contributed by atoms with Crippen LogP contribution in [-0.4, -0.2) is 47.8 Å². The van der Waals surface area contributed by atoms with Gasteiger partial charge in [0.2, 0.25) is 0 Å². The van der Waals surface area contributed by atoms with Crippen molar-refractivity contribution in [1.82, 2.24) is 4.90 Å². The van der Waals surface area contributed by atoms with E-state index in [9.17, 15) is 9.90 Å². The number of benzene rings is 1. The highest BCUT2D eigenvalue weighted by molar-refractivity contribution is 5.76. The van der Waals surface area contributed by atoms with Crippen molar-refractivity contribution in [2.24, 2.45) is 29.1 Å². The second-order valence-electron chi connectivity index (χ2n) is 10.7. The standard InChI is InChI=1S/C27H37NO3/c1-18-7-6-10-21-16-23-24(25(29)27(18,21)2)22(26(30)31-23)17-28-13-11-20(12-14-28)15-19-8-4-3-5-9-19/h3-5,8-10,18,20,22-25,29H,6-7,11-17H2,1-2H3/t18-,22+,23-,24-,25-,27-/m1/s1. The highest BCUT2D eigenvalue weighted by Gasteiger charge is 2.59. The normalized spacial score (nSPS) is 38.9. The van der Waals surface area contributed by atoms with E-state index in [-0.39, 0.29) is 29.3 Å². The maximum Gasteiger partial charge on any atom is 0.311 e. The number of ether oxygens (including phenoxy) is 1. The number of piperidine rings is 1. The van der Waals surface area contributed by atoms with Gasteiger partial charge in [0, 0.05) is 24.3 Å². The summed E-state index contributed by atoms with van der Waals surface area (Å²) in [5.74, 6) is 0.803. The number of nitrogens with zero attached hydrogens (tertiary/aromatic N) is 1. The lowest BCUT2D eigenvalue weighted by atomic mass is 9.55. The number of carbonyl (C=O) groups is 1. The quantitative estimate of drug-likeness (QED) is 0.582. The Morgan fingerprint density at radius 1 is 1.16 bits per heavy atom. The van der Waals surface area contributed by atoms with Gasteiger partial charge in [0.05, 0.1) is 12.0 Å². The number of rotatable bonds is 4. The van der Waals surface area contributed by atoms with Gasteiger partial charge in [0.1, 0.15) is 6.10 Å². The second kappa shape index (κ2) is 8.37. The van der Waals surface area contributed by atoms with Gasteiger partial charge in [-0.3, -0.25) is 4.79 Å². The van der Waals surface area contributed by atoms with Gasteiger partial charge in [-0.2, -0.15) is 0 Å². The Morgan fingerprint density at radius 2 is 1.90 bits per heavy atom. The number of esters is 1. The van der Waals surface area contributed by atoms with Crippen molar-refractivity contribution in [3.05, 3.63) is 47.5 Å². The number of hydrogen-bond donors (Lipinski definition) is 1. The molecule has 4 aliphatic rings. The van der Waals surface area contributed by atoms with Gasteiger partial charge in [0.15, 0.2) is 0 Å². The third-order valence-corrected chi connectivity index (χ3v) is 9.10. The summed E-state index contributed by atoms with van der Waals surface area (Å²) in [5, 5.41) is 11.5. The Balaban J connectivity index is 1.24. The summed E-state index contributed by atoms with van der Waals surface area (Å²) in [6.07, 6.45) is 8.16. The van der Waals surface area contributed by atoms with Crippen LogP contribution in [0, 0.1) is 29.1 Å². The van der Waals surface area contributed by atoms with Crippen LogP contribution in [0.15, 0.2) is 42.0 Å². The monoisotopic (exact) mass is 423 g/mol. The zero-order valence-corrected chi connectivity index (χ0v) is 19.0. The van der Waals surface area contributed by atoms with E-state index in [1.54, 1.807) is 0 Å². The minimum atomic E-state index is -0.500. The highest BCUT2D eigenvalue weighted by Crippen LogP contribution is 2.56. The largest absolute Gasteiger partial charge is 0.461 e. The van der Waals surface area contributed by atoms with Crippen LogP contribution in [0.2, 0.25) is 0 Å². The zero-order valence-electron chi connectivity index (χ0n) is 19.0. The van der Waals surface area contributed by atoms with Gasteiger partial charge in [0.25, 0.3) is 0 Å². The summed E-state index contributed by atoms with van der Waals surface area (Å²) in [4.78, 5) is 15.3. The highest BCUT2D eigenvalue weighted by atomic mass is 16.6. The van der Waals surface area contributed by atoms with Crippen molar-refractivity contribution in [2.45, 2.75) is 64.6 Å². The van der Waals surface area contributed by atoms with Crippen molar-refractivity contribution in [3.8, 4) is 0 Å². The molecule has 2 heterocycles. The van der Waals surface area contributed by atoms with Gasteiger partial charge in [-0.25, -0.2) is 0 Å². The Morgan fingerprint density at radius 3 is 2.65 bits per heavy atom. The van der Waals surface area contributed by atoms with Crippen LogP contribution < -0.4 is 0 Å². The molecule has 4 nitrogen and oxygen atoms in total. The third kappa shape index (κ3) is 3.76. The molecule has 0 aromatic heterocycles. The molecule has 1 aromatic rings. The first-order valence-electron chi connectivity index (χ1n) is 12.3. The van der Waals surface area contributed by atoms with Crippen molar-refractivity contribution < 1.29 is 14.6 Å². The van der Waals surface area contributed by atoms with E-state index in [4.69, 9.17) is 4.74 Å². The van der Waals surface area contributed by atoms with E-state index in [0.717, 1.165) is 51.2 Å². The lowest BCUT2D eigenvalue weighted by Crippen LogP contribution is -2.55. The van der Waals surface area contributed by atoms with Gasteiger partial charge < -0.3 is 14.7 Å². The smallest absolute Gasteiger partial charge is 0.311 e. The number of aliphatic hydroxyl groups excluding tert-OH is 1. The maximum atomic E-state index is 12.9. The molecule has 31 heavy (non-hydrogen) atoms. The number of aliphatic hydroxyl groups is 1. The van der Waals surface area contributed by atoms with Crippen molar-refractivity contribution in [2.75, 3.05) is 19.6 Å². The molecule has 0 unspecified atom stereocenters.